The largest absolute Gasteiger partial charge is 0.478 e. The van der Waals surface area contributed by atoms with Gasteiger partial charge in [0.15, 0.2) is 0 Å². The van der Waals surface area contributed by atoms with Crippen LogP contribution in [-0.4, -0.2) is 11.1 Å². The molecule has 1 rings (SSSR count). The summed E-state index contributed by atoms with van der Waals surface area (Å²) in [6.45, 7) is 5.83. The van der Waals surface area contributed by atoms with Gasteiger partial charge in [-0.05, 0) is 36.5 Å². The van der Waals surface area contributed by atoms with Crippen LogP contribution in [0, 0.1) is 6.92 Å². The lowest BCUT2D eigenvalue weighted by Crippen LogP contribution is -2.05. The SMILES string of the molecule is [CH2]CCCc1c(CC)cccc1C(=O)O. The topological polar surface area (TPSA) is 37.3 Å². The Morgan fingerprint density at radius 1 is 1.47 bits per heavy atom. The maximum atomic E-state index is 11.0. The molecule has 0 aliphatic rings. The number of carbonyl (C=O) groups is 1. The van der Waals surface area contributed by atoms with E-state index < -0.39 is 5.97 Å². The summed E-state index contributed by atoms with van der Waals surface area (Å²) in [5.74, 6) is -0.829. The molecule has 1 aromatic rings. The number of hydrogen-bond donors (Lipinski definition) is 1. The van der Waals surface area contributed by atoms with E-state index in [1.54, 1.807) is 6.07 Å². The van der Waals surface area contributed by atoms with E-state index in [0.29, 0.717) is 5.56 Å². The van der Waals surface area contributed by atoms with Crippen LogP contribution in [0.15, 0.2) is 18.2 Å². The number of benzene rings is 1. The number of hydrogen-bond acceptors (Lipinski definition) is 1. The first kappa shape index (κ1) is 11.8. The highest BCUT2D eigenvalue weighted by Crippen LogP contribution is 2.18. The molecule has 15 heavy (non-hydrogen) atoms. The second kappa shape index (κ2) is 5.54. The Balaban J connectivity index is 3.08. The lowest BCUT2D eigenvalue weighted by molar-refractivity contribution is 0.0695. The third-order valence-electron chi connectivity index (χ3n) is 2.56. The molecule has 1 aromatic carbocycles. The Morgan fingerprint density at radius 2 is 2.20 bits per heavy atom. The van der Waals surface area contributed by atoms with Gasteiger partial charge in [-0.15, -0.1) is 0 Å². The van der Waals surface area contributed by atoms with E-state index in [4.69, 9.17) is 5.11 Å². The molecule has 0 aromatic heterocycles. The Morgan fingerprint density at radius 3 is 2.73 bits per heavy atom. The average molecular weight is 205 g/mol. The van der Waals surface area contributed by atoms with Crippen molar-refractivity contribution in [1.29, 1.82) is 0 Å². The lowest BCUT2D eigenvalue weighted by Gasteiger charge is -2.10. The highest BCUT2D eigenvalue weighted by atomic mass is 16.4. The van der Waals surface area contributed by atoms with Crippen LogP contribution in [0.25, 0.3) is 0 Å². The molecular weight excluding hydrogens is 188 g/mol. The molecule has 0 aliphatic carbocycles. The summed E-state index contributed by atoms with van der Waals surface area (Å²) in [5, 5.41) is 9.07. The summed E-state index contributed by atoms with van der Waals surface area (Å²) in [4.78, 5) is 11.0. The van der Waals surface area contributed by atoms with Crippen molar-refractivity contribution in [3.8, 4) is 0 Å². The molecule has 2 nitrogen and oxygen atoms in total. The second-order valence-electron chi connectivity index (χ2n) is 3.56. The minimum atomic E-state index is -0.829. The molecule has 0 unspecified atom stereocenters. The molecule has 0 saturated carbocycles. The van der Waals surface area contributed by atoms with E-state index in [0.717, 1.165) is 36.8 Å². The van der Waals surface area contributed by atoms with E-state index in [9.17, 15) is 4.79 Å². The molecule has 1 N–H and O–H groups in total. The molecule has 0 aliphatic heterocycles. The lowest BCUT2D eigenvalue weighted by atomic mass is 9.95. The number of aryl methyl sites for hydroxylation is 1. The first-order valence-corrected chi connectivity index (χ1v) is 5.34. The monoisotopic (exact) mass is 205 g/mol. The van der Waals surface area contributed by atoms with Crippen LogP contribution in [0.4, 0.5) is 0 Å². The van der Waals surface area contributed by atoms with Crippen LogP contribution in [0.5, 0.6) is 0 Å². The number of rotatable bonds is 5. The number of aromatic carboxylic acids is 1. The maximum absolute atomic E-state index is 11.0. The van der Waals surface area contributed by atoms with Gasteiger partial charge in [-0.2, -0.15) is 0 Å². The van der Waals surface area contributed by atoms with Crippen molar-refractivity contribution in [2.75, 3.05) is 0 Å². The summed E-state index contributed by atoms with van der Waals surface area (Å²) in [7, 11) is 0. The third-order valence-corrected chi connectivity index (χ3v) is 2.56. The summed E-state index contributed by atoms with van der Waals surface area (Å²) >= 11 is 0. The molecule has 0 heterocycles. The summed E-state index contributed by atoms with van der Waals surface area (Å²) < 4.78 is 0. The van der Waals surface area contributed by atoms with Crippen molar-refractivity contribution >= 4 is 5.97 Å². The normalized spacial score (nSPS) is 10.3. The molecular formula is C13H17O2. The highest BCUT2D eigenvalue weighted by molar-refractivity contribution is 5.89. The van der Waals surface area contributed by atoms with Gasteiger partial charge in [0.1, 0.15) is 0 Å². The van der Waals surface area contributed by atoms with E-state index in [2.05, 4.69) is 13.8 Å². The van der Waals surface area contributed by atoms with E-state index >= 15 is 0 Å². The first-order valence-electron chi connectivity index (χ1n) is 5.34. The highest BCUT2D eigenvalue weighted by Gasteiger charge is 2.11. The quantitative estimate of drug-likeness (QED) is 0.802. The van der Waals surface area contributed by atoms with E-state index in [1.165, 1.54) is 0 Å². The average Bonchev–Trinajstić information content (AvgIpc) is 2.25. The molecule has 0 fully saturated rings. The minimum absolute atomic E-state index is 0.447. The fraction of sp³-hybridized carbons (Fsp3) is 0.385. The zero-order valence-corrected chi connectivity index (χ0v) is 9.12. The number of carboxylic acids is 1. The summed E-state index contributed by atoms with van der Waals surface area (Å²) in [5.41, 5.74) is 2.57. The van der Waals surface area contributed by atoms with Crippen LogP contribution in [0.1, 0.15) is 41.3 Å². The summed E-state index contributed by atoms with van der Waals surface area (Å²) in [6.07, 6.45) is 3.48. The number of carboxylic acid groups (broad SMARTS) is 1. The van der Waals surface area contributed by atoms with Gasteiger partial charge in [0.2, 0.25) is 0 Å². The van der Waals surface area contributed by atoms with E-state index in [1.807, 2.05) is 12.1 Å². The van der Waals surface area contributed by atoms with Crippen LogP contribution in [0.3, 0.4) is 0 Å². The Hall–Kier alpha value is -1.31. The van der Waals surface area contributed by atoms with Gasteiger partial charge in [-0.25, -0.2) is 4.79 Å². The maximum Gasteiger partial charge on any atom is 0.335 e. The van der Waals surface area contributed by atoms with Crippen molar-refractivity contribution in [1.82, 2.24) is 0 Å². The number of unbranched alkanes of at least 4 members (excludes halogenated alkanes) is 1. The van der Waals surface area contributed by atoms with Gasteiger partial charge in [0.05, 0.1) is 5.56 Å². The second-order valence-corrected chi connectivity index (χ2v) is 3.56. The van der Waals surface area contributed by atoms with Gasteiger partial charge in [0, 0.05) is 0 Å². The molecule has 1 radical (unpaired) electrons. The standard InChI is InChI=1S/C13H17O2/c1-3-5-8-11-10(4-2)7-6-9-12(11)13(14)15/h6-7,9H,1,3-5,8H2,2H3,(H,14,15). The Kier molecular flexibility index (Phi) is 4.35. The van der Waals surface area contributed by atoms with Crippen molar-refractivity contribution < 1.29 is 9.90 Å². The fourth-order valence-electron chi connectivity index (χ4n) is 1.76. The predicted octanol–water partition coefficient (Wildman–Crippen LogP) is 3.10. The molecule has 0 atom stereocenters. The molecule has 0 bridgehead atoms. The third kappa shape index (κ3) is 2.82. The zero-order valence-electron chi connectivity index (χ0n) is 9.12. The van der Waals surface area contributed by atoms with E-state index in [-0.39, 0.29) is 0 Å². The predicted molar refractivity (Wildman–Crippen MR) is 61.1 cm³/mol. The first-order chi connectivity index (χ1) is 7.20. The van der Waals surface area contributed by atoms with Crippen molar-refractivity contribution in [3.05, 3.63) is 41.8 Å². The van der Waals surface area contributed by atoms with Crippen molar-refractivity contribution in [2.24, 2.45) is 0 Å². The zero-order chi connectivity index (χ0) is 11.3. The van der Waals surface area contributed by atoms with Crippen LogP contribution >= 0.6 is 0 Å². The molecule has 0 saturated heterocycles. The van der Waals surface area contributed by atoms with Gasteiger partial charge in [-0.1, -0.05) is 32.4 Å². The molecule has 2 heteroatoms. The molecule has 81 valence electrons. The van der Waals surface area contributed by atoms with Gasteiger partial charge in [-0.3, -0.25) is 0 Å². The molecule has 0 amide bonds. The smallest absolute Gasteiger partial charge is 0.335 e. The summed E-state index contributed by atoms with van der Waals surface area (Å²) in [6, 6.07) is 5.50. The molecule has 0 spiro atoms. The van der Waals surface area contributed by atoms with Crippen LogP contribution < -0.4 is 0 Å². The fourth-order valence-corrected chi connectivity index (χ4v) is 1.76. The van der Waals surface area contributed by atoms with Crippen molar-refractivity contribution in [3.63, 3.8) is 0 Å². The minimum Gasteiger partial charge on any atom is -0.478 e. The Bertz CT molecular complexity index is 342. The van der Waals surface area contributed by atoms with Gasteiger partial charge in [0.25, 0.3) is 0 Å². The van der Waals surface area contributed by atoms with Crippen molar-refractivity contribution in [2.45, 2.75) is 32.6 Å². The van der Waals surface area contributed by atoms with Crippen LogP contribution in [-0.2, 0) is 12.8 Å². The Labute approximate surface area is 90.9 Å². The van der Waals surface area contributed by atoms with Gasteiger partial charge < -0.3 is 5.11 Å². The van der Waals surface area contributed by atoms with Gasteiger partial charge >= 0.3 is 5.97 Å². The van der Waals surface area contributed by atoms with Crippen LogP contribution in [0.2, 0.25) is 0 Å².